The Hall–Kier alpha value is -5.12. The predicted molar refractivity (Wildman–Crippen MR) is 143 cm³/mol. The van der Waals surface area contributed by atoms with E-state index in [0.29, 0.717) is 46.8 Å². The number of carbonyl (C=O) groups excluding carboxylic acids is 1. The van der Waals surface area contributed by atoms with Gasteiger partial charge in [0.05, 0.1) is 26.2 Å². The van der Waals surface area contributed by atoms with E-state index in [4.69, 9.17) is 14.0 Å². The Kier molecular flexibility index (Phi) is 7.03. The molecule has 0 bridgehead atoms. The maximum atomic E-state index is 12.5. The van der Waals surface area contributed by atoms with Gasteiger partial charge in [-0.2, -0.15) is 4.98 Å². The Labute approximate surface area is 219 Å². The van der Waals surface area contributed by atoms with Crippen LogP contribution in [0.4, 0.5) is 16.2 Å². The van der Waals surface area contributed by atoms with Crippen LogP contribution < -0.4 is 20.1 Å². The summed E-state index contributed by atoms with van der Waals surface area (Å²) in [5.74, 6) is 2.02. The number of imidazole rings is 1. The molecular formula is C28H26N6O4. The number of hydrogen-bond acceptors (Lipinski definition) is 7. The largest absolute Gasteiger partial charge is 0.497 e. The summed E-state index contributed by atoms with van der Waals surface area (Å²) < 4.78 is 17.9. The summed E-state index contributed by atoms with van der Waals surface area (Å²) in [4.78, 5) is 21.4. The number of carbonyl (C=O) groups is 1. The van der Waals surface area contributed by atoms with Gasteiger partial charge in [0, 0.05) is 30.1 Å². The van der Waals surface area contributed by atoms with Crippen molar-refractivity contribution < 1.29 is 18.8 Å². The zero-order chi connectivity index (χ0) is 26.5. The van der Waals surface area contributed by atoms with Gasteiger partial charge in [-0.25, -0.2) is 9.78 Å². The highest BCUT2D eigenvalue weighted by Crippen LogP contribution is 2.29. The fourth-order valence-corrected chi connectivity index (χ4v) is 3.88. The van der Waals surface area contributed by atoms with E-state index in [9.17, 15) is 4.79 Å². The third kappa shape index (κ3) is 5.65. The van der Waals surface area contributed by atoms with Crippen LogP contribution in [0.3, 0.4) is 0 Å². The number of amides is 2. The normalized spacial score (nSPS) is 10.7. The first-order valence-corrected chi connectivity index (χ1v) is 11.8. The molecule has 0 spiro atoms. The van der Waals surface area contributed by atoms with Gasteiger partial charge >= 0.3 is 6.03 Å². The lowest BCUT2D eigenvalue weighted by Crippen LogP contribution is -2.19. The van der Waals surface area contributed by atoms with Gasteiger partial charge in [0.25, 0.3) is 5.89 Å². The molecule has 0 aliphatic rings. The number of nitrogens with one attached hydrogen (secondary N) is 2. The molecule has 2 heterocycles. The average Bonchev–Trinajstić information content (AvgIpc) is 3.60. The highest BCUT2D eigenvalue weighted by Gasteiger charge is 2.14. The van der Waals surface area contributed by atoms with E-state index in [1.165, 1.54) is 7.11 Å². The van der Waals surface area contributed by atoms with E-state index in [1.54, 1.807) is 31.6 Å². The predicted octanol–water partition coefficient (Wildman–Crippen LogP) is 5.62. The Morgan fingerprint density at radius 1 is 1.00 bits per heavy atom. The van der Waals surface area contributed by atoms with Crippen molar-refractivity contribution in [2.24, 2.45) is 0 Å². The van der Waals surface area contributed by atoms with Crippen molar-refractivity contribution >= 4 is 17.4 Å². The summed E-state index contributed by atoms with van der Waals surface area (Å²) in [5.41, 5.74) is 4.83. The molecule has 38 heavy (non-hydrogen) atoms. The lowest BCUT2D eigenvalue weighted by Gasteiger charge is -2.12. The Morgan fingerprint density at radius 2 is 1.84 bits per heavy atom. The van der Waals surface area contributed by atoms with Crippen LogP contribution in [0.5, 0.6) is 11.5 Å². The first kappa shape index (κ1) is 24.6. The number of benzene rings is 3. The Balaban J connectivity index is 1.19. The standard InChI is InChI=1S/C28H26N6O4/c1-18-5-4-6-20(13-18)26-32-27(38-33-26)24-16-34(17-29-24)15-19-7-9-21(10-8-19)30-28(35)31-23-12-11-22(36-2)14-25(23)37-3/h4-14,16-17H,15H2,1-3H3,(H2,30,31,35). The Morgan fingerprint density at radius 3 is 2.61 bits per heavy atom. The van der Waals surface area contributed by atoms with E-state index >= 15 is 0 Å². The van der Waals surface area contributed by atoms with Crippen molar-refractivity contribution in [3.63, 3.8) is 0 Å². The number of anilines is 2. The van der Waals surface area contributed by atoms with Gasteiger partial charge in [-0.15, -0.1) is 0 Å². The van der Waals surface area contributed by atoms with Crippen molar-refractivity contribution in [3.8, 4) is 34.5 Å². The summed E-state index contributed by atoms with van der Waals surface area (Å²) in [5, 5.41) is 9.70. The summed E-state index contributed by atoms with van der Waals surface area (Å²) in [6.07, 6.45) is 3.57. The fraction of sp³-hybridized carbons (Fsp3) is 0.143. The molecule has 192 valence electrons. The number of methoxy groups -OCH3 is 2. The summed E-state index contributed by atoms with van der Waals surface area (Å²) in [6, 6.07) is 20.3. The van der Waals surface area contributed by atoms with Crippen molar-refractivity contribution in [1.29, 1.82) is 0 Å². The molecule has 2 amide bonds. The highest BCUT2D eigenvalue weighted by molar-refractivity contribution is 6.00. The van der Waals surface area contributed by atoms with Gasteiger partial charge in [0.15, 0.2) is 0 Å². The molecule has 0 radical (unpaired) electrons. The van der Waals surface area contributed by atoms with E-state index in [0.717, 1.165) is 16.7 Å². The quantitative estimate of drug-likeness (QED) is 0.278. The topological polar surface area (TPSA) is 116 Å². The van der Waals surface area contributed by atoms with Gasteiger partial charge in [-0.05, 0) is 42.8 Å². The molecule has 0 fully saturated rings. The van der Waals surface area contributed by atoms with E-state index in [2.05, 4.69) is 25.8 Å². The molecule has 0 aliphatic heterocycles. The second kappa shape index (κ2) is 10.9. The van der Waals surface area contributed by atoms with Crippen LogP contribution in [0.15, 0.2) is 83.8 Å². The molecular weight excluding hydrogens is 484 g/mol. The minimum Gasteiger partial charge on any atom is -0.497 e. The SMILES string of the molecule is COc1ccc(NC(=O)Nc2ccc(Cn3cnc(-c4nc(-c5cccc(C)c5)no4)c3)cc2)c(OC)c1. The third-order valence-electron chi connectivity index (χ3n) is 5.79. The maximum absolute atomic E-state index is 12.5. The van der Waals surface area contributed by atoms with E-state index in [1.807, 2.05) is 66.2 Å². The molecule has 10 heteroatoms. The van der Waals surface area contributed by atoms with E-state index in [-0.39, 0.29) is 6.03 Å². The zero-order valence-electron chi connectivity index (χ0n) is 21.1. The van der Waals surface area contributed by atoms with Crippen molar-refractivity contribution in [2.45, 2.75) is 13.5 Å². The molecule has 0 unspecified atom stereocenters. The summed E-state index contributed by atoms with van der Waals surface area (Å²) >= 11 is 0. The first-order valence-electron chi connectivity index (χ1n) is 11.8. The number of nitrogens with zero attached hydrogens (tertiary/aromatic N) is 4. The van der Waals surface area contributed by atoms with Crippen LogP contribution in [0.2, 0.25) is 0 Å². The molecule has 0 saturated heterocycles. The van der Waals surface area contributed by atoms with Gasteiger partial charge < -0.3 is 29.2 Å². The van der Waals surface area contributed by atoms with Gasteiger partial charge in [-0.1, -0.05) is 41.1 Å². The molecule has 0 saturated carbocycles. The number of rotatable bonds is 8. The van der Waals surface area contributed by atoms with Crippen molar-refractivity contribution in [3.05, 3.63) is 90.4 Å². The number of aromatic nitrogens is 4. The molecule has 0 atom stereocenters. The molecule has 2 aromatic heterocycles. The van der Waals surface area contributed by atoms with Gasteiger partial charge in [-0.3, -0.25) is 0 Å². The molecule has 5 rings (SSSR count). The van der Waals surface area contributed by atoms with Crippen LogP contribution >= 0.6 is 0 Å². The molecule has 10 nitrogen and oxygen atoms in total. The molecule has 5 aromatic rings. The first-order chi connectivity index (χ1) is 18.5. The molecule has 0 aliphatic carbocycles. The third-order valence-corrected chi connectivity index (χ3v) is 5.79. The second-order valence-electron chi connectivity index (χ2n) is 8.57. The number of ether oxygens (including phenoxy) is 2. The Bertz CT molecular complexity index is 1560. The minimum atomic E-state index is -0.384. The zero-order valence-corrected chi connectivity index (χ0v) is 21.1. The maximum Gasteiger partial charge on any atom is 0.323 e. The lowest BCUT2D eigenvalue weighted by atomic mass is 10.1. The van der Waals surface area contributed by atoms with Crippen LogP contribution in [-0.4, -0.2) is 39.9 Å². The minimum absolute atomic E-state index is 0.360. The highest BCUT2D eigenvalue weighted by atomic mass is 16.5. The number of urea groups is 1. The summed E-state index contributed by atoms with van der Waals surface area (Å²) in [6.45, 7) is 2.60. The van der Waals surface area contributed by atoms with Crippen molar-refractivity contribution in [1.82, 2.24) is 19.7 Å². The van der Waals surface area contributed by atoms with Gasteiger partial charge in [0.2, 0.25) is 5.82 Å². The van der Waals surface area contributed by atoms with Crippen LogP contribution in [0, 0.1) is 6.92 Å². The number of aryl methyl sites for hydroxylation is 1. The molecule has 3 aromatic carbocycles. The smallest absolute Gasteiger partial charge is 0.323 e. The van der Waals surface area contributed by atoms with E-state index < -0.39 is 0 Å². The lowest BCUT2D eigenvalue weighted by molar-refractivity contribution is 0.262. The number of hydrogen-bond donors (Lipinski definition) is 2. The molecule has 2 N–H and O–H groups in total. The average molecular weight is 511 g/mol. The monoisotopic (exact) mass is 510 g/mol. The summed E-state index contributed by atoms with van der Waals surface area (Å²) in [7, 11) is 3.10. The second-order valence-corrected chi connectivity index (χ2v) is 8.57. The van der Waals surface area contributed by atoms with Crippen LogP contribution in [0.25, 0.3) is 23.0 Å². The fourth-order valence-electron chi connectivity index (χ4n) is 3.88. The van der Waals surface area contributed by atoms with Gasteiger partial charge in [0.1, 0.15) is 17.2 Å². The van der Waals surface area contributed by atoms with Crippen LogP contribution in [0.1, 0.15) is 11.1 Å². The van der Waals surface area contributed by atoms with Crippen LogP contribution in [-0.2, 0) is 6.54 Å². The van der Waals surface area contributed by atoms with Crippen molar-refractivity contribution in [2.75, 3.05) is 24.9 Å².